The molecule has 14 atom stereocenters. The van der Waals surface area contributed by atoms with Crippen molar-refractivity contribution in [1.82, 2.24) is 9.80 Å². The first kappa shape index (κ1) is 37.7. The number of fused-ring (bicyclic) bond motifs is 4. The minimum absolute atomic E-state index is 0.0509. The largest absolute Gasteiger partial charge is 0.457 e. The van der Waals surface area contributed by atoms with E-state index in [1.807, 2.05) is 0 Å². The van der Waals surface area contributed by atoms with E-state index in [9.17, 15) is 15.0 Å². The Kier molecular flexibility index (Phi) is 8.95. The predicted octanol–water partition coefficient (Wildman–Crippen LogP) is 4.88. The maximum Gasteiger partial charge on any atom is 0.303 e. The molecule has 3 unspecified atom stereocenters. The molecule has 2 N–H and O–H groups in total. The van der Waals surface area contributed by atoms with Gasteiger partial charge in [0, 0.05) is 45.1 Å². The van der Waals surface area contributed by atoms with Crippen LogP contribution in [0.1, 0.15) is 107 Å². The van der Waals surface area contributed by atoms with E-state index in [2.05, 4.69) is 44.4 Å². The van der Waals surface area contributed by atoms with Crippen molar-refractivity contribution >= 4 is 5.97 Å². The maximum absolute atomic E-state index is 12.6. The van der Waals surface area contributed by atoms with Crippen molar-refractivity contribution in [3.8, 4) is 0 Å². The van der Waals surface area contributed by atoms with Crippen LogP contribution in [0.3, 0.4) is 0 Å². The van der Waals surface area contributed by atoms with Crippen LogP contribution in [0.15, 0.2) is 0 Å². The van der Waals surface area contributed by atoms with Gasteiger partial charge in [0.2, 0.25) is 0 Å². The van der Waals surface area contributed by atoms with E-state index in [0.29, 0.717) is 29.7 Å². The van der Waals surface area contributed by atoms with Gasteiger partial charge >= 0.3 is 5.97 Å². The fourth-order valence-electron chi connectivity index (χ4n) is 15.5. The van der Waals surface area contributed by atoms with Gasteiger partial charge in [0.25, 0.3) is 0 Å². The molecule has 4 saturated heterocycles. The fraction of sp³-hybridized carbons (Fsp3) is 0.977. The molecule has 0 aromatic carbocycles. The number of rotatable bonds is 8. The number of morpholine rings is 1. The molecule has 10 nitrogen and oxygen atoms in total. The summed E-state index contributed by atoms with van der Waals surface area (Å²) >= 11 is 0. The average molecular weight is 743 g/mol. The quantitative estimate of drug-likeness (QED) is 0.335. The second kappa shape index (κ2) is 12.6. The van der Waals surface area contributed by atoms with Crippen LogP contribution in [0.4, 0.5) is 0 Å². The number of nitrogens with zero attached hydrogens (tertiary/aromatic N) is 2. The standard InChI is InChI=1S/C43H70N2O8/c1-25-17-29(37(39(5,6)48)51-26(2)46)52-35-34(25)40(7)13-14-43-24-42(43)12-11-32(38(3,4)30(42)9-10-31(43)41(40,8)36(35)47)53-33-21-44(15-16-50-33)18-27-19-45(20-27)28-22-49-23-28/h25,27-37,47-48H,9-24H2,1-8H3/t25-,29?,30+,31?,32+,33+,34+,35?,36+,37+,40-,41-,42-,43+/m1/s1. The zero-order chi connectivity index (χ0) is 37.5. The van der Waals surface area contributed by atoms with Crippen LogP contribution in [0, 0.1) is 56.7 Å². The molecular formula is C43H70N2O8. The Bertz CT molecular complexity index is 1430. The van der Waals surface area contributed by atoms with Crippen molar-refractivity contribution < 1.29 is 38.7 Å². The molecule has 5 aliphatic carbocycles. The van der Waals surface area contributed by atoms with Gasteiger partial charge in [0.05, 0.1) is 55.9 Å². The summed E-state index contributed by atoms with van der Waals surface area (Å²) in [5.41, 5.74) is -0.953. The van der Waals surface area contributed by atoms with Crippen LogP contribution in [-0.4, -0.2) is 127 Å². The fourth-order valence-corrected chi connectivity index (χ4v) is 15.5. The van der Waals surface area contributed by atoms with Crippen molar-refractivity contribution in [1.29, 1.82) is 0 Å². The highest BCUT2D eigenvalue weighted by atomic mass is 16.7. The van der Waals surface area contributed by atoms with Gasteiger partial charge in [-0.2, -0.15) is 0 Å². The van der Waals surface area contributed by atoms with Crippen LogP contribution >= 0.6 is 0 Å². The smallest absolute Gasteiger partial charge is 0.303 e. The van der Waals surface area contributed by atoms with Crippen LogP contribution in [-0.2, 0) is 28.5 Å². The Morgan fingerprint density at radius 2 is 1.72 bits per heavy atom. The van der Waals surface area contributed by atoms with Gasteiger partial charge < -0.3 is 33.9 Å². The third kappa shape index (κ3) is 5.41. The summed E-state index contributed by atoms with van der Waals surface area (Å²) in [5, 5.41) is 23.7. The second-order valence-corrected chi connectivity index (χ2v) is 21.4. The lowest BCUT2D eigenvalue weighted by molar-refractivity contribution is -0.250. The summed E-state index contributed by atoms with van der Waals surface area (Å²) < 4.78 is 31.3. The zero-order valence-corrected chi connectivity index (χ0v) is 34.0. The average Bonchev–Trinajstić information content (AvgIpc) is 3.67. The molecule has 9 aliphatic rings. The maximum atomic E-state index is 12.6. The normalized spacial score (nSPS) is 50.3. The molecule has 9 fully saturated rings. The summed E-state index contributed by atoms with van der Waals surface area (Å²) in [5.74, 6) is 1.87. The molecule has 0 amide bonds. The molecule has 0 radical (unpaired) electrons. The summed E-state index contributed by atoms with van der Waals surface area (Å²) in [6.07, 6.45) is 6.80. The lowest BCUT2D eigenvalue weighted by Gasteiger charge is -2.64. The monoisotopic (exact) mass is 743 g/mol. The summed E-state index contributed by atoms with van der Waals surface area (Å²) in [7, 11) is 0. The Morgan fingerprint density at radius 3 is 2.40 bits per heavy atom. The number of hydrogen-bond donors (Lipinski definition) is 2. The van der Waals surface area contributed by atoms with E-state index >= 15 is 0 Å². The first-order valence-corrected chi connectivity index (χ1v) is 21.5. The Balaban J connectivity index is 0.889. The van der Waals surface area contributed by atoms with Crippen molar-refractivity contribution in [3.05, 3.63) is 0 Å². The van der Waals surface area contributed by atoms with Gasteiger partial charge in [-0.3, -0.25) is 14.6 Å². The minimum Gasteiger partial charge on any atom is -0.457 e. The van der Waals surface area contributed by atoms with Gasteiger partial charge in [-0.25, -0.2) is 0 Å². The number of ether oxygens (including phenoxy) is 5. The van der Waals surface area contributed by atoms with Crippen molar-refractivity contribution in [2.24, 2.45) is 56.7 Å². The van der Waals surface area contributed by atoms with E-state index in [4.69, 9.17) is 23.7 Å². The lowest BCUT2D eigenvalue weighted by Crippen LogP contribution is -2.62. The van der Waals surface area contributed by atoms with E-state index in [1.165, 1.54) is 45.7 Å². The third-order valence-electron chi connectivity index (χ3n) is 18.2. The number of esters is 1. The molecule has 0 aromatic heterocycles. The minimum atomic E-state index is -1.25. The highest BCUT2D eigenvalue weighted by Gasteiger charge is 2.84. The lowest BCUT2D eigenvalue weighted by atomic mass is 9.41. The predicted molar refractivity (Wildman–Crippen MR) is 199 cm³/mol. The van der Waals surface area contributed by atoms with Gasteiger partial charge in [-0.15, -0.1) is 0 Å². The molecule has 2 spiro atoms. The summed E-state index contributed by atoms with van der Waals surface area (Å²) in [4.78, 5) is 17.3. The Morgan fingerprint density at radius 1 is 1.00 bits per heavy atom. The van der Waals surface area contributed by atoms with Gasteiger partial charge in [0.1, 0.15) is 0 Å². The van der Waals surface area contributed by atoms with Crippen LogP contribution in [0.2, 0.25) is 0 Å². The first-order chi connectivity index (χ1) is 24.9. The number of aliphatic hydroxyl groups excluding tert-OH is 1. The molecule has 0 bridgehead atoms. The van der Waals surface area contributed by atoms with Gasteiger partial charge in [-0.1, -0.05) is 34.6 Å². The molecule has 53 heavy (non-hydrogen) atoms. The summed E-state index contributed by atoms with van der Waals surface area (Å²) in [6, 6.07) is 0.650. The van der Waals surface area contributed by atoms with Crippen molar-refractivity contribution in [2.75, 3.05) is 52.5 Å². The number of carbonyl (C=O) groups is 1. The van der Waals surface area contributed by atoms with E-state index < -0.39 is 29.9 Å². The van der Waals surface area contributed by atoms with E-state index in [0.717, 1.165) is 64.6 Å². The molecule has 4 aliphatic heterocycles. The molecule has 5 saturated carbocycles. The van der Waals surface area contributed by atoms with Crippen molar-refractivity contribution in [3.63, 3.8) is 0 Å². The number of hydrogen-bond acceptors (Lipinski definition) is 10. The summed E-state index contributed by atoms with van der Waals surface area (Å²) in [6.45, 7) is 24.9. The number of aliphatic hydroxyl groups is 2. The number of carbonyl (C=O) groups excluding carboxylic acids is 1. The second-order valence-electron chi connectivity index (χ2n) is 21.4. The molecule has 9 rings (SSSR count). The molecular weight excluding hydrogens is 672 g/mol. The molecule has 0 aromatic rings. The third-order valence-corrected chi connectivity index (χ3v) is 18.2. The van der Waals surface area contributed by atoms with E-state index in [-0.39, 0.29) is 52.0 Å². The zero-order valence-electron chi connectivity index (χ0n) is 34.0. The number of likely N-dealkylation sites (tertiary alicyclic amines) is 1. The first-order valence-electron chi connectivity index (χ1n) is 21.5. The van der Waals surface area contributed by atoms with Crippen molar-refractivity contribution in [2.45, 2.75) is 155 Å². The molecule has 300 valence electrons. The van der Waals surface area contributed by atoms with Gasteiger partial charge in [0.15, 0.2) is 12.4 Å². The Labute approximate surface area is 318 Å². The van der Waals surface area contributed by atoms with E-state index in [1.54, 1.807) is 13.8 Å². The van der Waals surface area contributed by atoms with Crippen LogP contribution < -0.4 is 0 Å². The highest BCUT2D eigenvalue weighted by molar-refractivity contribution is 5.66. The Hall–Kier alpha value is -0.850. The van der Waals surface area contributed by atoms with Crippen LogP contribution in [0.25, 0.3) is 0 Å². The van der Waals surface area contributed by atoms with Gasteiger partial charge in [-0.05, 0) is 116 Å². The highest BCUT2D eigenvalue weighted by Crippen LogP contribution is 2.89. The molecule has 4 heterocycles. The SMILES string of the molecule is CC(=O)O[C@@H](C1C[C@@H](C)[C@H]2C(O1)[C@H](O)[C@@]1(C)C3CC[C@H]4C(C)(C)[C@@H](O[C@H]5CN(CC6CN(C7COC7)C6)CCO5)CC[C@@]45C[C@@]35CC[C@]21C)C(C)(C)O. The topological polar surface area (TPSA) is 110 Å². The molecule has 10 heteroatoms. The van der Waals surface area contributed by atoms with Crippen LogP contribution in [0.5, 0.6) is 0 Å².